The van der Waals surface area contributed by atoms with Crippen molar-refractivity contribution in [1.82, 2.24) is 4.90 Å². The van der Waals surface area contributed by atoms with E-state index in [2.05, 4.69) is 6.58 Å². The van der Waals surface area contributed by atoms with Crippen molar-refractivity contribution in [3.63, 3.8) is 0 Å². The molecule has 0 rings (SSSR count). The molecule has 0 bridgehead atoms. The minimum Gasteiger partial charge on any atom is -0.298 e. The molecule has 0 saturated carbocycles. The Morgan fingerprint density at radius 1 is 1.50 bits per heavy atom. The molecule has 0 aromatic heterocycles. The van der Waals surface area contributed by atoms with E-state index in [-0.39, 0.29) is 11.2 Å². The summed E-state index contributed by atoms with van der Waals surface area (Å²) in [5.41, 5.74) is -0.227. The third kappa shape index (κ3) is 4.29. The molecule has 2 heteroatoms. The van der Waals surface area contributed by atoms with Crippen LogP contribution >= 0.6 is 0 Å². The van der Waals surface area contributed by atoms with Gasteiger partial charge in [-0.15, -0.1) is 6.58 Å². The second-order valence-corrected chi connectivity index (χ2v) is 4.16. The molecule has 0 fully saturated rings. The maximum Gasteiger partial charge on any atom is 0.152 e. The van der Waals surface area contributed by atoms with Crippen molar-refractivity contribution < 1.29 is 4.79 Å². The topological polar surface area (TPSA) is 20.3 Å². The minimum atomic E-state index is -0.227. The molecule has 0 heterocycles. The molecule has 12 heavy (non-hydrogen) atoms. The maximum absolute atomic E-state index is 11.5. The van der Waals surface area contributed by atoms with Gasteiger partial charge in [-0.3, -0.25) is 9.69 Å². The fourth-order valence-corrected chi connectivity index (χ4v) is 0.767. The van der Waals surface area contributed by atoms with Crippen LogP contribution in [0.25, 0.3) is 0 Å². The first kappa shape index (κ1) is 11.4. The highest BCUT2D eigenvalue weighted by atomic mass is 16.1. The Balaban J connectivity index is 3.92. The number of nitrogens with zero attached hydrogens (tertiary/aromatic N) is 1. The fourth-order valence-electron chi connectivity index (χ4n) is 0.767. The molecule has 0 spiro atoms. The minimum absolute atomic E-state index is 0.227. The van der Waals surface area contributed by atoms with Crippen molar-refractivity contribution in [3.05, 3.63) is 12.7 Å². The fraction of sp³-hybridized carbons (Fsp3) is 0.700. The third-order valence-corrected chi connectivity index (χ3v) is 1.69. The Morgan fingerprint density at radius 2 is 2.00 bits per heavy atom. The first-order valence-corrected chi connectivity index (χ1v) is 4.20. The van der Waals surface area contributed by atoms with Gasteiger partial charge in [-0.05, 0) is 7.05 Å². The van der Waals surface area contributed by atoms with Gasteiger partial charge in [0.1, 0.15) is 0 Å². The number of carbonyl (C=O) groups excluding carboxylic acids is 1. The van der Waals surface area contributed by atoms with Crippen molar-refractivity contribution >= 4 is 5.78 Å². The number of Topliss-reactive ketones (excluding diaryl/α,β-unsaturated/α-hetero) is 1. The largest absolute Gasteiger partial charge is 0.298 e. The van der Waals surface area contributed by atoms with Gasteiger partial charge in [0.25, 0.3) is 0 Å². The molecule has 0 aromatic carbocycles. The smallest absolute Gasteiger partial charge is 0.152 e. The Bertz CT molecular complexity index is 167. The molecule has 70 valence electrons. The Kier molecular flexibility index (Phi) is 4.18. The molecular formula is C10H19NO. The molecule has 0 aliphatic carbocycles. The number of carbonyl (C=O) groups is 1. The summed E-state index contributed by atoms with van der Waals surface area (Å²) in [5, 5.41) is 0. The lowest BCUT2D eigenvalue weighted by Crippen LogP contribution is -2.33. The van der Waals surface area contributed by atoms with Crippen LogP contribution in [0, 0.1) is 5.41 Å². The average molecular weight is 169 g/mol. The highest BCUT2D eigenvalue weighted by Gasteiger charge is 2.21. The lowest BCUT2D eigenvalue weighted by atomic mass is 9.90. The van der Waals surface area contributed by atoms with Crippen LogP contribution in [0.3, 0.4) is 0 Å². The van der Waals surface area contributed by atoms with E-state index in [1.165, 1.54) is 0 Å². The number of likely N-dealkylation sites (N-methyl/N-ethyl adjacent to an activating group) is 1. The normalized spacial score (nSPS) is 11.8. The van der Waals surface area contributed by atoms with Crippen molar-refractivity contribution in [3.8, 4) is 0 Å². The highest BCUT2D eigenvalue weighted by Crippen LogP contribution is 2.14. The van der Waals surface area contributed by atoms with Crippen molar-refractivity contribution in [2.24, 2.45) is 5.41 Å². The Hall–Kier alpha value is -0.630. The van der Waals surface area contributed by atoms with E-state index in [9.17, 15) is 4.79 Å². The van der Waals surface area contributed by atoms with E-state index in [0.717, 1.165) is 6.54 Å². The molecule has 0 saturated heterocycles. The second-order valence-electron chi connectivity index (χ2n) is 4.16. The summed E-state index contributed by atoms with van der Waals surface area (Å²) < 4.78 is 0. The SMILES string of the molecule is C=CCN(C)CC(=O)C(C)(C)C. The molecular weight excluding hydrogens is 150 g/mol. The van der Waals surface area contributed by atoms with Crippen LogP contribution in [0.15, 0.2) is 12.7 Å². The predicted octanol–water partition coefficient (Wildman–Crippen LogP) is 1.72. The summed E-state index contributed by atoms with van der Waals surface area (Å²) in [6, 6.07) is 0. The Morgan fingerprint density at radius 3 is 2.33 bits per heavy atom. The molecule has 0 atom stereocenters. The number of ketones is 1. The molecule has 0 aromatic rings. The van der Waals surface area contributed by atoms with Gasteiger partial charge in [0.05, 0.1) is 6.54 Å². The number of hydrogen-bond acceptors (Lipinski definition) is 2. The van der Waals surface area contributed by atoms with Crippen LogP contribution in [0.2, 0.25) is 0 Å². The van der Waals surface area contributed by atoms with E-state index in [4.69, 9.17) is 0 Å². The summed E-state index contributed by atoms with van der Waals surface area (Å²) >= 11 is 0. The van der Waals surface area contributed by atoms with Gasteiger partial charge >= 0.3 is 0 Å². The molecule has 2 nitrogen and oxygen atoms in total. The second kappa shape index (κ2) is 4.41. The zero-order valence-electron chi connectivity index (χ0n) is 8.55. The molecule has 0 aliphatic rings. The summed E-state index contributed by atoms with van der Waals surface area (Å²) in [4.78, 5) is 13.4. The van der Waals surface area contributed by atoms with Crippen LogP contribution in [0.5, 0.6) is 0 Å². The van der Waals surface area contributed by atoms with Gasteiger partial charge in [0.2, 0.25) is 0 Å². The van der Waals surface area contributed by atoms with Crippen LogP contribution in [0.4, 0.5) is 0 Å². The summed E-state index contributed by atoms with van der Waals surface area (Å²) in [6.07, 6.45) is 1.80. The summed E-state index contributed by atoms with van der Waals surface area (Å²) in [6.45, 7) is 10.7. The lowest BCUT2D eigenvalue weighted by molar-refractivity contribution is -0.127. The number of hydrogen-bond donors (Lipinski definition) is 0. The number of rotatable bonds is 4. The van der Waals surface area contributed by atoms with Gasteiger partial charge in [0.15, 0.2) is 5.78 Å². The van der Waals surface area contributed by atoms with Crippen molar-refractivity contribution in [2.75, 3.05) is 20.1 Å². The molecule has 0 amide bonds. The molecule has 0 N–H and O–H groups in total. The Labute approximate surface area is 75.3 Å². The van der Waals surface area contributed by atoms with Gasteiger partial charge in [0, 0.05) is 12.0 Å². The van der Waals surface area contributed by atoms with E-state index >= 15 is 0 Å². The first-order chi connectivity index (χ1) is 5.38. The van der Waals surface area contributed by atoms with Crippen LogP contribution < -0.4 is 0 Å². The van der Waals surface area contributed by atoms with Crippen LogP contribution in [0.1, 0.15) is 20.8 Å². The quantitative estimate of drug-likeness (QED) is 0.597. The van der Waals surface area contributed by atoms with Gasteiger partial charge in [-0.25, -0.2) is 0 Å². The zero-order valence-corrected chi connectivity index (χ0v) is 8.55. The van der Waals surface area contributed by atoms with Gasteiger partial charge in [-0.2, -0.15) is 0 Å². The van der Waals surface area contributed by atoms with Crippen molar-refractivity contribution in [1.29, 1.82) is 0 Å². The molecule has 0 radical (unpaired) electrons. The highest BCUT2D eigenvalue weighted by molar-refractivity contribution is 5.85. The van der Waals surface area contributed by atoms with E-state index in [0.29, 0.717) is 6.54 Å². The first-order valence-electron chi connectivity index (χ1n) is 4.20. The van der Waals surface area contributed by atoms with Gasteiger partial charge in [-0.1, -0.05) is 26.8 Å². The molecule has 0 aliphatic heterocycles. The van der Waals surface area contributed by atoms with E-state index in [1.807, 2.05) is 32.7 Å². The molecule has 0 unspecified atom stereocenters. The van der Waals surface area contributed by atoms with Crippen LogP contribution in [-0.2, 0) is 4.79 Å². The standard InChI is InChI=1S/C10H19NO/c1-6-7-11(5)8-9(12)10(2,3)4/h6H,1,7-8H2,2-5H3. The monoisotopic (exact) mass is 169 g/mol. The lowest BCUT2D eigenvalue weighted by Gasteiger charge is -2.21. The van der Waals surface area contributed by atoms with Crippen molar-refractivity contribution in [2.45, 2.75) is 20.8 Å². The van der Waals surface area contributed by atoms with Gasteiger partial charge < -0.3 is 0 Å². The zero-order chi connectivity index (χ0) is 9.78. The average Bonchev–Trinajstić information content (AvgIpc) is 1.85. The van der Waals surface area contributed by atoms with E-state index in [1.54, 1.807) is 6.08 Å². The van der Waals surface area contributed by atoms with E-state index < -0.39 is 0 Å². The summed E-state index contributed by atoms with van der Waals surface area (Å²) in [7, 11) is 1.92. The summed E-state index contributed by atoms with van der Waals surface area (Å²) in [5.74, 6) is 0.270. The predicted molar refractivity (Wildman–Crippen MR) is 52.2 cm³/mol. The maximum atomic E-state index is 11.5. The van der Waals surface area contributed by atoms with Crippen LogP contribution in [-0.4, -0.2) is 30.8 Å². The third-order valence-electron chi connectivity index (χ3n) is 1.69.